The molecule has 0 heterocycles. The third-order valence-electron chi connectivity index (χ3n) is 2.79. The quantitative estimate of drug-likeness (QED) is 0.733. The van der Waals surface area contributed by atoms with Crippen molar-refractivity contribution >= 4 is 5.69 Å². The maximum absolute atomic E-state index is 12.3. The number of rotatable bonds is 2. The van der Waals surface area contributed by atoms with Gasteiger partial charge in [0.25, 0.3) is 0 Å². The lowest BCUT2D eigenvalue weighted by Crippen LogP contribution is -2.30. The van der Waals surface area contributed by atoms with Crippen molar-refractivity contribution in [3.05, 3.63) is 29.8 Å². The maximum Gasteiger partial charge on any atom is 0.416 e. The molecule has 0 bridgehead atoms. The van der Waals surface area contributed by atoms with Gasteiger partial charge in [0, 0.05) is 0 Å². The number of benzene rings is 1. The molecular formula is C13H17F3N. The topological polar surface area (TPSA) is 14.1 Å². The van der Waals surface area contributed by atoms with Crippen LogP contribution in [0.5, 0.6) is 0 Å². The second kappa shape index (κ2) is 4.59. The number of hydrogen-bond acceptors (Lipinski definition) is 0. The van der Waals surface area contributed by atoms with Crippen LogP contribution in [-0.4, -0.2) is 6.04 Å². The Balaban J connectivity index is 2.76. The summed E-state index contributed by atoms with van der Waals surface area (Å²) in [4.78, 5) is 0. The number of halogens is 3. The first-order valence-corrected chi connectivity index (χ1v) is 5.49. The zero-order valence-electron chi connectivity index (χ0n) is 10.5. The highest BCUT2D eigenvalue weighted by Crippen LogP contribution is 2.30. The molecular weight excluding hydrogens is 227 g/mol. The van der Waals surface area contributed by atoms with Gasteiger partial charge >= 0.3 is 6.18 Å². The summed E-state index contributed by atoms with van der Waals surface area (Å²) < 4.78 is 37.0. The third-order valence-corrected chi connectivity index (χ3v) is 2.79. The Morgan fingerprint density at radius 3 is 1.82 bits per heavy atom. The van der Waals surface area contributed by atoms with Crippen molar-refractivity contribution in [2.24, 2.45) is 5.41 Å². The lowest BCUT2D eigenvalue weighted by Gasteiger charge is -2.26. The Kier molecular flexibility index (Phi) is 3.74. The summed E-state index contributed by atoms with van der Waals surface area (Å²) in [5, 5.41) is 4.39. The summed E-state index contributed by atoms with van der Waals surface area (Å²) in [6, 6.07) is 5.00. The molecule has 17 heavy (non-hydrogen) atoms. The van der Waals surface area contributed by atoms with Gasteiger partial charge in [-0.15, -0.1) is 0 Å². The Hall–Kier alpha value is -1.19. The molecule has 4 heteroatoms. The molecule has 0 fully saturated rings. The highest BCUT2D eigenvalue weighted by atomic mass is 19.4. The lowest BCUT2D eigenvalue weighted by atomic mass is 9.88. The zero-order valence-corrected chi connectivity index (χ0v) is 10.5. The molecule has 0 saturated heterocycles. The fourth-order valence-corrected chi connectivity index (χ4v) is 1.15. The monoisotopic (exact) mass is 244 g/mol. The molecule has 1 nitrogen and oxygen atoms in total. The molecule has 0 amide bonds. The Labute approximate surface area is 100 Å². The zero-order chi connectivity index (χ0) is 13.3. The van der Waals surface area contributed by atoms with E-state index >= 15 is 0 Å². The summed E-state index contributed by atoms with van der Waals surface area (Å²) in [5.74, 6) is 0. The van der Waals surface area contributed by atoms with E-state index in [1.54, 1.807) is 0 Å². The molecule has 1 radical (unpaired) electrons. The molecule has 0 saturated carbocycles. The first-order valence-electron chi connectivity index (χ1n) is 5.49. The van der Waals surface area contributed by atoms with Crippen LogP contribution in [0.4, 0.5) is 18.9 Å². The van der Waals surface area contributed by atoms with Crippen molar-refractivity contribution in [3.63, 3.8) is 0 Å². The van der Waals surface area contributed by atoms with Gasteiger partial charge in [0.1, 0.15) is 0 Å². The smallest absolute Gasteiger partial charge is 0.282 e. The normalized spacial score (nSPS) is 14.5. The first-order chi connectivity index (χ1) is 7.60. The van der Waals surface area contributed by atoms with Crippen LogP contribution in [0.2, 0.25) is 0 Å². The third kappa shape index (κ3) is 3.95. The van der Waals surface area contributed by atoms with E-state index in [1.165, 1.54) is 12.1 Å². The van der Waals surface area contributed by atoms with Crippen LogP contribution >= 0.6 is 0 Å². The summed E-state index contributed by atoms with van der Waals surface area (Å²) in [5.41, 5.74) is -0.0526. The fraction of sp³-hybridized carbons (Fsp3) is 0.538. The van der Waals surface area contributed by atoms with Gasteiger partial charge in [-0.3, -0.25) is 5.32 Å². The molecule has 1 aromatic carbocycles. The van der Waals surface area contributed by atoms with E-state index in [2.05, 4.69) is 5.32 Å². The maximum atomic E-state index is 12.3. The number of alkyl halides is 3. The molecule has 0 spiro atoms. The molecule has 1 unspecified atom stereocenters. The van der Waals surface area contributed by atoms with Crippen LogP contribution in [0, 0.1) is 5.41 Å². The minimum Gasteiger partial charge on any atom is -0.282 e. The van der Waals surface area contributed by atoms with Crippen LogP contribution in [-0.2, 0) is 6.18 Å². The predicted octanol–water partition coefficient (Wildman–Crippen LogP) is 4.38. The van der Waals surface area contributed by atoms with Crippen LogP contribution in [0.1, 0.15) is 33.3 Å². The van der Waals surface area contributed by atoms with Gasteiger partial charge in [-0.1, -0.05) is 20.8 Å². The van der Waals surface area contributed by atoms with E-state index in [4.69, 9.17) is 0 Å². The Morgan fingerprint density at radius 2 is 1.47 bits per heavy atom. The molecule has 1 rings (SSSR count). The minimum atomic E-state index is -4.28. The molecule has 0 N–H and O–H groups in total. The van der Waals surface area contributed by atoms with Crippen molar-refractivity contribution < 1.29 is 13.2 Å². The van der Waals surface area contributed by atoms with Crippen molar-refractivity contribution in [2.45, 2.75) is 39.9 Å². The van der Waals surface area contributed by atoms with Crippen LogP contribution < -0.4 is 5.32 Å². The van der Waals surface area contributed by atoms with Gasteiger partial charge in [-0.25, -0.2) is 0 Å². The van der Waals surface area contributed by atoms with E-state index in [-0.39, 0.29) is 11.5 Å². The standard InChI is InChI=1S/C13H17F3N/c1-9(12(2,3)4)17-11-7-5-10(6-8-11)13(14,15)16/h5-9H,1-4H3. The van der Waals surface area contributed by atoms with Crippen LogP contribution in [0.3, 0.4) is 0 Å². The first kappa shape index (κ1) is 13.9. The Morgan fingerprint density at radius 1 is 1.00 bits per heavy atom. The molecule has 1 atom stereocenters. The summed E-state index contributed by atoms with van der Waals surface area (Å²) in [7, 11) is 0. The van der Waals surface area contributed by atoms with Crippen molar-refractivity contribution in [1.82, 2.24) is 5.32 Å². The Bertz CT molecular complexity index is 360. The summed E-state index contributed by atoms with van der Waals surface area (Å²) in [6.07, 6.45) is -4.28. The van der Waals surface area contributed by atoms with E-state index in [9.17, 15) is 13.2 Å². The van der Waals surface area contributed by atoms with Gasteiger partial charge in [0.2, 0.25) is 0 Å². The van der Waals surface area contributed by atoms with Gasteiger partial charge in [-0.2, -0.15) is 13.2 Å². The fourth-order valence-electron chi connectivity index (χ4n) is 1.15. The average Bonchev–Trinajstić information content (AvgIpc) is 2.15. The largest absolute Gasteiger partial charge is 0.416 e. The molecule has 95 valence electrons. The molecule has 0 aliphatic carbocycles. The van der Waals surface area contributed by atoms with Gasteiger partial charge in [-0.05, 0) is 36.6 Å². The average molecular weight is 244 g/mol. The second-order valence-electron chi connectivity index (χ2n) is 5.22. The summed E-state index contributed by atoms with van der Waals surface area (Å²) in [6.45, 7) is 8.10. The minimum absolute atomic E-state index is 0.00268. The number of hydrogen-bond donors (Lipinski definition) is 0. The summed E-state index contributed by atoms with van der Waals surface area (Å²) >= 11 is 0. The van der Waals surface area contributed by atoms with Crippen LogP contribution in [0.25, 0.3) is 0 Å². The lowest BCUT2D eigenvalue weighted by molar-refractivity contribution is -0.137. The number of nitrogens with zero attached hydrogens (tertiary/aromatic N) is 1. The van der Waals surface area contributed by atoms with E-state index < -0.39 is 11.7 Å². The van der Waals surface area contributed by atoms with Crippen LogP contribution in [0.15, 0.2) is 24.3 Å². The molecule has 1 aromatic rings. The molecule has 0 aliphatic rings. The van der Waals surface area contributed by atoms with Crippen molar-refractivity contribution in [3.8, 4) is 0 Å². The second-order valence-corrected chi connectivity index (χ2v) is 5.22. The predicted molar refractivity (Wildman–Crippen MR) is 62.2 cm³/mol. The van der Waals surface area contributed by atoms with Crippen molar-refractivity contribution in [2.75, 3.05) is 0 Å². The van der Waals surface area contributed by atoms with Gasteiger partial charge in [0.15, 0.2) is 0 Å². The highest BCUT2D eigenvalue weighted by Gasteiger charge is 2.30. The SMILES string of the molecule is CC([N]c1ccc(C(F)(F)F)cc1)C(C)(C)C. The molecule has 0 aromatic heterocycles. The van der Waals surface area contributed by atoms with E-state index in [0.717, 1.165) is 12.1 Å². The highest BCUT2D eigenvalue weighted by molar-refractivity contribution is 5.39. The van der Waals surface area contributed by atoms with E-state index in [1.807, 2.05) is 27.7 Å². The van der Waals surface area contributed by atoms with Crippen molar-refractivity contribution in [1.29, 1.82) is 0 Å². The van der Waals surface area contributed by atoms with Gasteiger partial charge < -0.3 is 0 Å². The molecule has 0 aliphatic heterocycles. The van der Waals surface area contributed by atoms with Gasteiger partial charge in [0.05, 0.1) is 17.3 Å². The van der Waals surface area contributed by atoms with E-state index in [0.29, 0.717) is 5.69 Å².